The molecule has 1 heterocycles. The van der Waals surface area contributed by atoms with E-state index in [2.05, 4.69) is 17.9 Å². The van der Waals surface area contributed by atoms with Gasteiger partial charge in [0.25, 0.3) is 11.8 Å². The summed E-state index contributed by atoms with van der Waals surface area (Å²) in [6.45, 7) is 5.98. The topological polar surface area (TPSA) is 66.8 Å². The standard InChI is InChI=1S/C5H5NO3.C4H6O/c7-3-6-4(8)1-2-5(6)9;1-3-5-4-2/h1-2,7H,3H2;3-4H,1-2H2. The molecule has 0 radical (unpaired) electrons. The van der Waals surface area contributed by atoms with E-state index < -0.39 is 18.5 Å². The van der Waals surface area contributed by atoms with E-state index in [1.54, 1.807) is 0 Å². The van der Waals surface area contributed by atoms with Crippen molar-refractivity contribution in [2.45, 2.75) is 0 Å². The predicted molar refractivity (Wildman–Crippen MR) is 49.6 cm³/mol. The molecule has 0 spiro atoms. The SMILES string of the molecule is C=COC=C.O=C1C=CC(=O)N1CO. The fourth-order valence-corrected chi connectivity index (χ4v) is 0.639. The number of rotatable bonds is 3. The van der Waals surface area contributed by atoms with Crippen LogP contribution in [-0.4, -0.2) is 28.6 Å². The van der Waals surface area contributed by atoms with Crippen molar-refractivity contribution in [3.05, 3.63) is 37.8 Å². The van der Waals surface area contributed by atoms with Gasteiger partial charge in [-0.1, -0.05) is 13.2 Å². The molecule has 2 amide bonds. The first-order valence-electron chi connectivity index (χ1n) is 3.69. The fraction of sp³-hybridized carbons (Fsp3) is 0.111. The van der Waals surface area contributed by atoms with Crippen LogP contribution in [0.4, 0.5) is 0 Å². The quantitative estimate of drug-likeness (QED) is 0.516. The van der Waals surface area contributed by atoms with Crippen molar-refractivity contribution >= 4 is 11.8 Å². The van der Waals surface area contributed by atoms with Crippen LogP contribution in [0.2, 0.25) is 0 Å². The molecule has 5 heteroatoms. The maximum atomic E-state index is 10.5. The van der Waals surface area contributed by atoms with Crippen LogP contribution < -0.4 is 0 Å². The van der Waals surface area contributed by atoms with Gasteiger partial charge in [-0.3, -0.25) is 14.5 Å². The average molecular weight is 197 g/mol. The zero-order valence-electron chi connectivity index (χ0n) is 7.55. The minimum Gasteiger partial charge on any atom is -0.474 e. The van der Waals surface area contributed by atoms with Gasteiger partial charge in [0, 0.05) is 12.2 Å². The zero-order chi connectivity index (χ0) is 11.0. The predicted octanol–water partition coefficient (Wildman–Crippen LogP) is 0.151. The van der Waals surface area contributed by atoms with Crippen LogP contribution in [0.1, 0.15) is 0 Å². The molecule has 0 atom stereocenters. The number of hydrogen-bond donors (Lipinski definition) is 1. The van der Waals surface area contributed by atoms with E-state index in [1.807, 2.05) is 0 Å². The van der Waals surface area contributed by atoms with Gasteiger partial charge in [-0.2, -0.15) is 0 Å². The lowest BCUT2D eigenvalue weighted by atomic mass is 10.6. The number of hydrogen-bond acceptors (Lipinski definition) is 4. The van der Waals surface area contributed by atoms with Crippen LogP contribution in [0.3, 0.4) is 0 Å². The van der Waals surface area contributed by atoms with Gasteiger partial charge in [0.15, 0.2) is 0 Å². The Balaban J connectivity index is 0.000000292. The summed E-state index contributed by atoms with van der Waals surface area (Å²) in [5.41, 5.74) is 0. The van der Waals surface area contributed by atoms with Gasteiger partial charge in [-0.05, 0) is 0 Å². The Kier molecular flexibility index (Phi) is 5.73. The van der Waals surface area contributed by atoms with Crippen LogP contribution in [0, 0.1) is 0 Å². The van der Waals surface area contributed by atoms with Gasteiger partial charge < -0.3 is 9.84 Å². The first kappa shape index (κ1) is 12.1. The van der Waals surface area contributed by atoms with Crippen molar-refractivity contribution in [3.8, 4) is 0 Å². The minimum atomic E-state index is -0.537. The van der Waals surface area contributed by atoms with E-state index in [-0.39, 0.29) is 0 Å². The second-order valence-corrected chi connectivity index (χ2v) is 2.05. The number of imide groups is 1. The highest BCUT2D eigenvalue weighted by atomic mass is 16.5. The summed E-state index contributed by atoms with van der Waals surface area (Å²) in [7, 11) is 0. The van der Waals surface area contributed by atoms with E-state index in [4.69, 9.17) is 5.11 Å². The van der Waals surface area contributed by atoms with Gasteiger partial charge in [-0.15, -0.1) is 0 Å². The first-order chi connectivity index (χ1) is 6.67. The Bertz CT molecular complexity index is 246. The van der Waals surface area contributed by atoms with Crippen LogP contribution in [0.5, 0.6) is 0 Å². The summed E-state index contributed by atoms with van der Waals surface area (Å²) in [6, 6.07) is 0. The Morgan fingerprint density at radius 1 is 1.29 bits per heavy atom. The monoisotopic (exact) mass is 197 g/mol. The number of nitrogens with zero attached hydrogens (tertiary/aromatic N) is 1. The molecule has 0 aromatic heterocycles. The summed E-state index contributed by atoms with van der Waals surface area (Å²) in [5, 5.41) is 8.35. The van der Waals surface area contributed by atoms with Gasteiger partial charge in [0.2, 0.25) is 0 Å². The van der Waals surface area contributed by atoms with Gasteiger partial charge in [-0.25, -0.2) is 0 Å². The third-order valence-corrected chi connectivity index (χ3v) is 1.23. The molecule has 0 aromatic carbocycles. The molecule has 0 saturated heterocycles. The van der Waals surface area contributed by atoms with Crippen molar-refractivity contribution in [1.29, 1.82) is 0 Å². The highest BCUT2D eigenvalue weighted by Crippen LogP contribution is 2.00. The molecule has 0 fully saturated rings. The lowest BCUT2D eigenvalue weighted by molar-refractivity contribution is -0.140. The molecule has 1 aliphatic heterocycles. The Morgan fingerprint density at radius 2 is 1.71 bits per heavy atom. The summed E-state index contributed by atoms with van der Waals surface area (Å²) in [6.07, 6.45) is 4.87. The molecular formula is C9H11NO4. The van der Waals surface area contributed by atoms with Crippen LogP contribution in [0.15, 0.2) is 37.8 Å². The first-order valence-corrected chi connectivity index (χ1v) is 3.69. The van der Waals surface area contributed by atoms with Crippen molar-refractivity contribution in [2.24, 2.45) is 0 Å². The third kappa shape index (κ3) is 3.68. The number of aliphatic hydroxyl groups is 1. The van der Waals surface area contributed by atoms with Gasteiger partial charge in [0.05, 0.1) is 12.5 Å². The second kappa shape index (κ2) is 6.62. The number of aliphatic hydroxyl groups excluding tert-OH is 1. The molecule has 5 nitrogen and oxygen atoms in total. The molecule has 1 aliphatic rings. The van der Waals surface area contributed by atoms with Crippen LogP contribution in [-0.2, 0) is 14.3 Å². The van der Waals surface area contributed by atoms with E-state index in [0.717, 1.165) is 17.1 Å². The highest BCUT2D eigenvalue weighted by Gasteiger charge is 2.21. The maximum absolute atomic E-state index is 10.5. The molecular weight excluding hydrogens is 186 g/mol. The lowest BCUT2D eigenvalue weighted by Gasteiger charge is -2.06. The van der Waals surface area contributed by atoms with Crippen molar-refractivity contribution in [1.82, 2.24) is 4.90 Å². The Hall–Kier alpha value is -1.88. The Labute approximate surface area is 81.6 Å². The summed E-state index contributed by atoms with van der Waals surface area (Å²) < 4.78 is 4.36. The molecule has 1 rings (SSSR count). The lowest BCUT2D eigenvalue weighted by Crippen LogP contribution is -2.30. The molecule has 0 aliphatic carbocycles. The highest BCUT2D eigenvalue weighted by molar-refractivity contribution is 6.12. The number of ether oxygens (including phenoxy) is 1. The van der Waals surface area contributed by atoms with Crippen LogP contribution >= 0.6 is 0 Å². The van der Waals surface area contributed by atoms with Gasteiger partial charge >= 0.3 is 0 Å². The molecule has 14 heavy (non-hydrogen) atoms. The normalized spacial score (nSPS) is 13.4. The largest absolute Gasteiger partial charge is 0.474 e. The van der Waals surface area contributed by atoms with Crippen molar-refractivity contribution in [3.63, 3.8) is 0 Å². The Morgan fingerprint density at radius 3 is 1.86 bits per heavy atom. The summed E-state index contributed by atoms with van der Waals surface area (Å²) >= 11 is 0. The molecule has 0 bridgehead atoms. The van der Waals surface area contributed by atoms with E-state index >= 15 is 0 Å². The number of amides is 2. The zero-order valence-corrected chi connectivity index (χ0v) is 7.55. The summed E-state index contributed by atoms with van der Waals surface area (Å²) in [5.74, 6) is -0.912. The molecule has 76 valence electrons. The van der Waals surface area contributed by atoms with Crippen molar-refractivity contribution < 1.29 is 19.4 Å². The van der Waals surface area contributed by atoms with Gasteiger partial charge in [0.1, 0.15) is 6.73 Å². The second-order valence-electron chi connectivity index (χ2n) is 2.05. The fourth-order valence-electron chi connectivity index (χ4n) is 0.639. The smallest absolute Gasteiger partial charge is 0.255 e. The average Bonchev–Trinajstić information content (AvgIpc) is 2.48. The number of carbonyl (C=O) groups excluding carboxylic acids is 2. The van der Waals surface area contributed by atoms with E-state index in [0.29, 0.717) is 0 Å². The molecule has 1 N–H and O–H groups in total. The van der Waals surface area contributed by atoms with Crippen molar-refractivity contribution in [2.75, 3.05) is 6.73 Å². The number of carbonyl (C=O) groups is 2. The van der Waals surface area contributed by atoms with E-state index in [9.17, 15) is 9.59 Å². The third-order valence-electron chi connectivity index (χ3n) is 1.23. The molecule has 0 unspecified atom stereocenters. The van der Waals surface area contributed by atoms with E-state index in [1.165, 1.54) is 12.5 Å². The van der Waals surface area contributed by atoms with Crippen LogP contribution in [0.25, 0.3) is 0 Å². The summed E-state index contributed by atoms with van der Waals surface area (Å²) in [4.78, 5) is 21.7. The maximum Gasteiger partial charge on any atom is 0.255 e. The molecule has 0 saturated carbocycles. The minimum absolute atomic E-state index is 0.456. The molecule has 0 aromatic rings.